The third kappa shape index (κ3) is 2.65. The zero-order chi connectivity index (χ0) is 12.3. The van der Waals surface area contributed by atoms with Crippen molar-refractivity contribution in [2.24, 2.45) is 0 Å². The lowest BCUT2D eigenvalue weighted by molar-refractivity contribution is 0.995. The summed E-state index contributed by atoms with van der Waals surface area (Å²) in [5, 5.41) is 0.946. The number of allylic oxidation sites excluding steroid dienone is 1. The van der Waals surface area contributed by atoms with Crippen molar-refractivity contribution in [3.05, 3.63) is 70.7 Å². The molecule has 0 bridgehead atoms. The third-order valence-electron chi connectivity index (χ3n) is 2.47. The van der Waals surface area contributed by atoms with Gasteiger partial charge in [0.1, 0.15) is 10.3 Å². The molecule has 0 saturated heterocycles. The van der Waals surface area contributed by atoms with Crippen molar-refractivity contribution in [1.29, 1.82) is 0 Å². The van der Waals surface area contributed by atoms with Gasteiger partial charge in [0.15, 0.2) is 0 Å². The minimum Gasteiger partial charge on any atom is -0.244 e. The van der Waals surface area contributed by atoms with Gasteiger partial charge in [-0.05, 0) is 17.7 Å². The van der Waals surface area contributed by atoms with E-state index in [-0.39, 0.29) is 5.92 Å². The summed E-state index contributed by atoms with van der Waals surface area (Å²) in [5.41, 5.74) is 1.90. The minimum absolute atomic E-state index is 0.0269. The Morgan fingerprint density at radius 2 is 2.00 bits per heavy atom. The van der Waals surface area contributed by atoms with Gasteiger partial charge in [0.25, 0.3) is 0 Å². The Kier molecular flexibility index (Phi) is 3.77. The molecule has 0 radical (unpaired) electrons. The summed E-state index contributed by atoms with van der Waals surface area (Å²) in [6.07, 6.45) is 5.19. The minimum atomic E-state index is -0.0269. The molecule has 0 fully saturated rings. The molecule has 4 heteroatoms. The van der Waals surface area contributed by atoms with E-state index in [1.807, 2.05) is 24.3 Å². The average molecular weight is 265 g/mol. The Morgan fingerprint density at radius 3 is 2.59 bits per heavy atom. The molecule has 1 atom stereocenters. The molecule has 0 aromatic carbocycles. The van der Waals surface area contributed by atoms with Crippen LogP contribution in [0.1, 0.15) is 17.0 Å². The fourth-order valence-corrected chi connectivity index (χ4v) is 1.99. The monoisotopic (exact) mass is 264 g/mol. The Hall–Kier alpha value is -1.38. The predicted molar refractivity (Wildman–Crippen MR) is 70.5 cm³/mol. The normalized spacial score (nSPS) is 12.1. The maximum atomic E-state index is 6.07. The van der Waals surface area contributed by atoms with Crippen LogP contribution in [0.4, 0.5) is 0 Å². The average Bonchev–Trinajstić information content (AvgIpc) is 2.35. The predicted octanol–water partition coefficient (Wildman–Crippen LogP) is 4.10. The molecule has 0 spiro atoms. The summed E-state index contributed by atoms with van der Waals surface area (Å²) in [6, 6.07) is 7.43. The maximum absolute atomic E-state index is 6.07. The summed E-state index contributed by atoms with van der Waals surface area (Å²) >= 11 is 11.8. The first-order chi connectivity index (χ1) is 8.22. The van der Waals surface area contributed by atoms with Crippen molar-refractivity contribution in [3.8, 4) is 0 Å². The van der Waals surface area contributed by atoms with Crippen LogP contribution in [0.2, 0.25) is 10.3 Å². The van der Waals surface area contributed by atoms with Crippen LogP contribution in [0.25, 0.3) is 0 Å². The Bertz CT molecular complexity index is 523. The lowest BCUT2D eigenvalue weighted by Crippen LogP contribution is -2.00. The molecule has 0 aliphatic heterocycles. The number of halogens is 2. The molecule has 0 saturated carbocycles. The van der Waals surface area contributed by atoms with Gasteiger partial charge < -0.3 is 0 Å². The van der Waals surface area contributed by atoms with Crippen molar-refractivity contribution in [2.75, 3.05) is 0 Å². The van der Waals surface area contributed by atoms with Crippen molar-refractivity contribution in [1.82, 2.24) is 9.97 Å². The van der Waals surface area contributed by atoms with Crippen molar-refractivity contribution < 1.29 is 0 Å². The second kappa shape index (κ2) is 5.30. The molecule has 2 aromatic heterocycles. The highest BCUT2D eigenvalue weighted by atomic mass is 35.5. The highest BCUT2D eigenvalue weighted by molar-refractivity contribution is 6.30. The summed E-state index contributed by atoms with van der Waals surface area (Å²) < 4.78 is 0. The fraction of sp³-hybridized carbons (Fsp3) is 0.0769. The van der Waals surface area contributed by atoms with Crippen LogP contribution in [0.5, 0.6) is 0 Å². The molecule has 0 N–H and O–H groups in total. The SMILES string of the molecule is C=CC(c1ccc(Cl)nc1)c1cccnc1Cl. The second-order valence-electron chi connectivity index (χ2n) is 3.51. The number of nitrogens with zero attached hydrogens (tertiary/aromatic N) is 2. The molecule has 2 aromatic rings. The van der Waals surface area contributed by atoms with Crippen LogP contribution >= 0.6 is 23.2 Å². The topological polar surface area (TPSA) is 25.8 Å². The quantitative estimate of drug-likeness (QED) is 0.616. The van der Waals surface area contributed by atoms with Crippen LogP contribution in [0, 0.1) is 0 Å². The summed E-state index contributed by atoms with van der Waals surface area (Å²) in [5.74, 6) is -0.0269. The van der Waals surface area contributed by atoms with Gasteiger partial charge in [0, 0.05) is 23.9 Å². The van der Waals surface area contributed by atoms with Crippen molar-refractivity contribution >= 4 is 23.2 Å². The molecule has 0 aliphatic rings. The van der Waals surface area contributed by atoms with E-state index in [2.05, 4.69) is 16.5 Å². The van der Waals surface area contributed by atoms with E-state index >= 15 is 0 Å². The van der Waals surface area contributed by atoms with Crippen LogP contribution in [-0.4, -0.2) is 9.97 Å². The lowest BCUT2D eigenvalue weighted by Gasteiger charge is -2.13. The van der Waals surface area contributed by atoms with E-state index < -0.39 is 0 Å². The van der Waals surface area contributed by atoms with E-state index in [1.165, 1.54) is 0 Å². The molecular formula is C13H10Cl2N2. The van der Waals surface area contributed by atoms with Gasteiger partial charge in [0.05, 0.1) is 0 Å². The maximum Gasteiger partial charge on any atom is 0.133 e. The first kappa shape index (κ1) is 12.1. The smallest absolute Gasteiger partial charge is 0.133 e. The molecule has 2 heterocycles. The third-order valence-corrected chi connectivity index (χ3v) is 3.01. The number of hydrogen-bond acceptors (Lipinski definition) is 2. The molecular weight excluding hydrogens is 255 g/mol. The Labute approximate surface area is 110 Å². The highest BCUT2D eigenvalue weighted by Crippen LogP contribution is 2.29. The van der Waals surface area contributed by atoms with Crippen LogP contribution in [-0.2, 0) is 0 Å². The molecule has 86 valence electrons. The van der Waals surface area contributed by atoms with E-state index in [0.717, 1.165) is 11.1 Å². The van der Waals surface area contributed by atoms with Crippen molar-refractivity contribution in [2.45, 2.75) is 5.92 Å². The van der Waals surface area contributed by atoms with Crippen LogP contribution in [0.3, 0.4) is 0 Å². The van der Waals surface area contributed by atoms with Gasteiger partial charge in [-0.25, -0.2) is 9.97 Å². The summed E-state index contributed by atoms with van der Waals surface area (Å²) in [6.45, 7) is 3.83. The second-order valence-corrected chi connectivity index (χ2v) is 4.26. The standard InChI is InChI=1S/C13H10Cl2N2/c1-2-10(9-5-6-12(14)17-8-9)11-4-3-7-16-13(11)15/h2-8,10H,1H2. The molecule has 2 nitrogen and oxygen atoms in total. The van der Waals surface area contributed by atoms with E-state index in [9.17, 15) is 0 Å². The van der Waals surface area contributed by atoms with Crippen LogP contribution < -0.4 is 0 Å². The number of rotatable bonds is 3. The van der Waals surface area contributed by atoms with Gasteiger partial charge in [0.2, 0.25) is 0 Å². The van der Waals surface area contributed by atoms with E-state index in [4.69, 9.17) is 23.2 Å². The van der Waals surface area contributed by atoms with Gasteiger partial charge in [-0.2, -0.15) is 0 Å². The van der Waals surface area contributed by atoms with Gasteiger partial charge >= 0.3 is 0 Å². The first-order valence-corrected chi connectivity index (χ1v) is 5.82. The molecule has 0 amide bonds. The van der Waals surface area contributed by atoms with E-state index in [1.54, 1.807) is 18.5 Å². The molecule has 2 rings (SSSR count). The fourth-order valence-electron chi connectivity index (χ4n) is 1.64. The number of hydrogen-bond donors (Lipinski definition) is 0. The van der Waals surface area contributed by atoms with Crippen LogP contribution in [0.15, 0.2) is 49.3 Å². The van der Waals surface area contributed by atoms with Crippen molar-refractivity contribution in [3.63, 3.8) is 0 Å². The largest absolute Gasteiger partial charge is 0.244 e. The zero-order valence-electron chi connectivity index (χ0n) is 8.98. The molecule has 0 aliphatic carbocycles. The molecule has 1 unspecified atom stereocenters. The highest BCUT2D eigenvalue weighted by Gasteiger charge is 2.14. The van der Waals surface area contributed by atoms with Gasteiger partial charge in [-0.1, -0.05) is 41.4 Å². The number of pyridine rings is 2. The number of aromatic nitrogens is 2. The molecule has 17 heavy (non-hydrogen) atoms. The Balaban J connectivity index is 2.44. The van der Waals surface area contributed by atoms with Gasteiger partial charge in [-0.3, -0.25) is 0 Å². The summed E-state index contributed by atoms with van der Waals surface area (Å²) in [4.78, 5) is 8.12. The zero-order valence-corrected chi connectivity index (χ0v) is 10.5. The Morgan fingerprint density at radius 1 is 1.18 bits per heavy atom. The summed E-state index contributed by atoms with van der Waals surface area (Å²) in [7, 11) is 0. The van der Waals surface area contributed by atoms with Gasteiger partial charge in [-0.15, -0.1) is 6.58 Å². The first-order valence-electron chi connectivity index (χ1n) is 5.07. The van der Waals surface area contributed by atoms with E-state index in [0.29, 0.717) is 10.3 Å². The lowest BCUT2D eigenvalue weighted by atomic mass is 9.94.